The molecule has 4 rings (SSSR count). The highest BCUT2D eigenvalue weighted by atomic mass is 35.5. The molecule has 1 aromatic heterocycles. The second-order valence-electron chi connectivity index (χ2n) is 5.95. The van der Waals surface area contributed by atoms with Gasteiger partial charge in [0.2, 0.25) is 0 Å². The molecule has 0 aliphatic carbocycles. The number of benzene rings is 2. The molecule has 0 saturated carbocycles. The van der Waals surface area contributed by atoms with Gasteiger partial charge in [-0.15, -0.1) is 0 Å². The van der Waals surface area contributed by atoms with Crippen molar-refractivity contribution in [3.05, 3.63) is 69.8 Å². The van der Waals surface area contributed by atoms with E-state index in [4.69, 9.17) is 27.9 Å². The van der Waals surface area contributed by atoms with E-state index in [2.05, 4.69) is 10.4 Å². The number of rotatable bonds is 5. The van der Waals surface area contributed by atoms with Gasteiger partial charge in [0, 0.05) is 27.1 Å². The number of hydrogen-bond acceptors (Lipinski definition) is 4. The Balaban J connectivity index is 1.53. The highest BCUT2D eigenvalue weighted by molar-refractivity contribution is 7.98. The van der Waals surface area contributed by atoms with Gasteiger partial charge in [-0.05, 0) is 48.5 Å². The van der Waals surface area contributed by atoms with Crippen molar-refractivity contribution in [2.75, 3.05) is 11.9 Å². The molecule has 0 unspecified atom stereocenters. The van der Waals surface area contributed by atoms with Crippen molar-refractivity contribution >= 4 is 46.7 Å². The predicted octanol–water partition coefficient (Wildman–Crippen LogP) is 4.94. The van der Waals surface area contributed by atoms with E-state index < -0.39 is 0 Å². The van der Waals surface area contributed by atoms with Crippen molar-refractivity contribution in [2.45, 2.75) is 11.5 Å². The van der Waals surface area contributed by atoms with Gasteiger partial charge in [0.1, 0.15) is 11.6 Å². The lowest BCUT2D eigenvalue weighted by molar-refractivity contribution is -0.118. The fourth-order valence-electron chi connectivity index (χ4n) is 2.76. The first kappa shape index (κ1) is 18.2. The molecular formula is C19H15Cl2N3O2S. The second-order valence-corrected chi connectivity index (χ2v) is 7.80. The van der Waals surface area contributed by atoms with Crippen LogP contribution in [0.1, 0.15) is 11.3 Å². The Kier molecular flexibility index (Phi) is 5.29. The third-order valence-corrected chi connectivity index (χ3v) is 5.54. The largest absolute Gasteiger partial charge is 0.484 e. The molecule has 5 nitrogen and oxygen atoms in total. The van der Waals surface area contributed by atoms with E-state index in [1.807, 2.05) is 12.1 Å². The van der Waals surface area contributed by atoms with Gasteiger partial charge in [-0.25, -0.2) is 4.68 Å². The number of thioether (sulfide) groups is 1. The minimum atomic E-state index is -0.250. The molecule has 27 heavy (non-hydrogen) atoms. The molecule has 0 atom stereocenters. The summed E-state index contributed by atoms with van der Waals surface area (Å²) in [5.41, 5.74) is 2.88. The second kappa shape index (κ2) is 7.84. The van der Waals surface area contributed by atoms with Crippen LogP contribution in [0.3, 0.4) is 0 Å². The van der Waals surface area contributed by atoms with Crippen molar-refractivity contribution in [1.29, 1.82) is 0 Å². The van der Waals surface area contributed by atoms with Gasteiger partial charge < -0.3 is 10.1 Å². The Bertz CT molecular complexity index is 972. The van der Waals surface area contributed by atoms with Crippen LogP contribution in [0.25, 0.3) is 5.69 Å². The maximum Gasteiger partial charge on any atom is 0.263 e. The van der Waals surface area contributed by atoms with Crippen LogP contribution in [0.4, 0.5) is 5.82 Å². The molecule has 0 radical (unpaired) electrons. The lowest BCUT2D eigenvalue weighted by Crippen LogP contribution is -2.22. The third-order valence-electron chi connectivity index (χ3n) is 4.06. The summed E-state index contributed by atoms with van der Waals surface area (Å²) in [6.45, 7) is -0.102. The molecule has 1 aliphatic heterocycles. The maximum absolute atomic E-state index is 12.5. The molecule has 8 heteroatoms. The van der Waals surface area contributed by atoms with E-state index in [1.54, 1.807) is 52.8 Å². The minimum Gasteiger partial charge on any atom is -0.484 e. The predicted molar refractivity (Wildman–Crippen MR) is 109 cm³/mol. The summed E-state index contributed by atoms with van der Waals surface area (Å²) in [5, 5.41) is 8.87. The van der Waals surface area contributed by atoms with Crippen molar-refractivity contribution in [1.82, 2.24) is 9.78 Å². The Morgan fingerprint density at radius 1 is 1.07 bits per heavy atom. The number of fused-ring (bicyclic) bond motifs is 1. The number of anilines is 1. The van der Waals surface area contributed by atoms with Gasteiger partial charge >= 0.3 is 0 Å². The number of carbonyl (C=O) groups excluding carboxylic acids is 1. The minimum absolute atomic E-state index is 0.102. The average molecular weight is 420 g/mol. The molecule has 138 valence electrons. The topological polar surface area (TPSA) is 56.1 Å². The van der Waals surface area contributed by atoms with Gasteiger partial charge in [-0.3, -0.25) is 4.79 Å². The average Bonchev–Trinajstić information content (AvgIpc) is 3.25. The summed E-state index contributed by atoms with van der Waals surface area (Å²) in [6.07, 6.45) is 0. The lowest BCUT2D eigenvalue weighted by atomic mass is 10.2. The molecule has 0 spiro atoms. The van der Waals surface area contributed by atoms with Gasteiger partial charge in [0.05, 0.1) is 11.4 Å². The number of nitrogens with zero attached hydrogens (tertiary/aromatic N) is 2. The zero-order valence-electron chi connectivity index (χ0n) is 14.1. The number of halogens is 2. The van der Waals surface area contributed by atoms with Crippen LogP contribution in [-0.4, -0.2) is 22.3 Å². The molecule has 3 aromatic rings. The van der Waals surface area contributed by atoms with Crippen molar-refractivity contribution in [3.8, 4) is 11.4 Å². The Morgan fingerprint density at radius 2 is 1.74 bits per heavy atom. The summed E-state index contributed by atoms with van der Waals surface area (Å²) < 4.78 is 7.28. The van der Waals surface area contributed by atoms with E-state index in [9.17, 15) is 4.79 Å². The fraction of sp³-hybridized carbons (Fsp3) is 0.158. The molecule has 0 fully saturated rings. The van der Waals surface area contributed by atoms with Crippen LogP contribution in [0, 0.1) is 0 Å². The lowest BCUT2D eigenvalue weighted by Gasteiger charge is -2.12. The van der Waals surface area contributed by atoms with E-state index >= 15 is 0 Å². The van der Waals surface area contributed by atoms with Crippen LogP contribution >= 0.6 is 35.0 Å². The number of carbonyl (C=O) groups is 1. The van der Waals surface area contributed by atoms with Crippen LogP contribution in [0.5, 0.6) is 5.75 Å². The first-order chi connectivity index (χ1) is 13.1. The van der Waals surface area contributed by atoms with E-state index in [1.165, 1.54) is 0 Å². The van der Waals surface area contributed by atoms with Gasteiger partial charge in [0.15, 0.2) is 6.61 Å². The number of hydrogen-bond donors (Lipinski definition) is 1. The molecule has 0 saturated heterocycles. The molecule has 2 aromatic carbocycles. The summed E-state index contributed by atoms with van der Waals surface area (Å²) in [7, 11) is 0. The van der Waals surface area contributed by atoms with Crippen molar-refractivity contribution < 1.29 is 9.53 Å². The highest BCUT2D eigenvalue weighted by Crippen LogP contribution is 2.36. The SMILES string of the molecule is O=C(COc1ccc(Cl)cc1)Nc1c2c(nn1-c1ccc(Cl)cc1)CSC2. The van der Waals surface area contributed by atoms with Crippen LogP contribution < -0.4 is 10.1 Å². The summed E-state index contributed by atoms with van der Waals surface area (Å²) in [5.74, 6) is 2.67. The van der Waals surface area contributed by atoms with Gasteiger partial charge in [0.25, 0.3) is 5.91 Å². The summed E-state index contributed by atoms with van der Waals surface area (Å²) in [4.78, 5) is 12.5. The van der Waals surface area contributed by atoms with Gasteiger partial charge in [-0.2, -0.15) is 16.9 Å². The van der Waals surface area contributed by atoms with Crippen LogP contribution in [0.2, 0.25) is 10.0 Å². The molecular weight excluding hydrogens is 405 g/mol. The Hall–Kier alpha value is -2.15. The molecule has 1 aliphatic rings. The Labute approximate surface area is 170 Å². The highest BCUT2D eigenvalue weighted by Gasteiger charge is 2.24. The van der Waals surface area contributed by atoms with Gasteiger partial charge in [-0.1, -0.05) is 23.2 Å². The van der Waals surface area contributed by atoms with Crippen molar-refractivity contribution in [3.63, 3.8) is 0 Å². The van der Waals surface area contributed by atoms with Crippen LogP contribution in [0.15, 0.2) is 48.5 Å². The summed E-state index contributed by atoms with van der Waals surface area (Å²) >= 11 is 13.6. The number of amides is 1. The zero-order valence-corrected chi connectivity index (χ0v) is 16.4. The molecule has 0 bridgehead atoms. The number of aromatic nitrogens is 2. The first-order valence-corrected chi connectivity index (χ1v) is 10.1. The quantitative estimate of drug-likeness (QED) is 0.635. The normalized spacial score (nSPS) is 12.7. The van der Waals surface area contributed by atoms with Crippen molar-refractivity contribution in [2.24, 2.45) is 0 Å². The molecule has 1 N–H and O–H groups in total. The molecule has 2 heterocycles. The van der Waals surface area contributed by atoms with E-state index in [0.29, 0.717) is 21.6 Å². The monoisotopic (exact) mass is 419 g/mol. The Morgan fingerprint density at radius 3 is 2.44 bits per heavy atom. The smallest absolute Gasteiger partial charge is 0.263 e. The third kappa shape index (κ3) is 4.08. The standard InChI is InChI=1S/C19H15Cl2N3O2S/c20-12-1-5-14(6-2-12)24-19(16-10-27-11-17(16)23-24)22-18(25)9-26-15-7-3-13(21)4-8-15/h1-8H,9-11H2,(H,22,25). The number of ether oxygens (including phenoxy) is 1. The molecule has 1 amide bonds. The zero-order chi connectivity index (χ0) is 18.8. The van der Waals surface area contributed by atoms with E-state index in [-0.39, 0.29) is 12.5 Å². The maximum atomic E-state index is 12.5. The fourth-order valence-corrected chi connectivity index (χ4v) is 4.05. The first-order valence-electron chi connectivity index (χ1n) is 8.23. The van der Waals surface area contributed by atoms with Crippen LogP contribution in [-0.2, 0) is 16.3 Å². The van der Waals surface area contributed by atoms with E-state index in [0.717, 1.165) is 28.5 Å². The summed E-state index contributed by atoms with van der Waals surface area (Å²) in [6, 6.07) is 14.2. The number of nitrogens with one attached hydrogen (secondary N) is 1.